The van der Waals surface area contributed by atoms with Gasteiger partial charge in [-0.1, -0.05) is 19.6 Å². The van der Waals surface area contributed by atoms with Crippen molar-refractivity contribution >= 4 is 0 Å². The minimum absolute atomic E-state index is 0.175. The second-order valence-electron chi connectivity index (χ2n) is 6.49. The van der Waals surface area contributed by atoms with E-state index in [9.17, 15) is 0 Å². The van der Waals surface area contributed by atoms with Crippen molar-refractivity contribution in [3.8, 4) is 34.5 Å². The van der Waals surface area contributed by atoms with Gasteiger partial charge in [0, 0.05) is 0 Å². The van der Waals surface area contributed by atoms with Crippen LogP contribution in [0.25, 0.3) is 0 Å². The van der Waals surface area contributed by atoms with Crippen LogP contribution in [0.4, 0.5) is 0 Å². The maximum Gasteiger partial charge on any atom is 0.203 e. The largest absolute Gasteiger partial charge is 0.493 e. The van der Waals surface area contributed by atoms with Crippen molar-refractivity contribution in [2.24, 2.45) is 0 Å². The van der Waals surface area contributed by atoms with E-state index in [1.54, 1.807) is 41.6 Å². The summed E-state index contributed by atoms with van der Waals surface area (Å²) in [5.74, 6) is 3.84. The van der Waals surface area contributed by atoms with Crippen molar-refractivity contribution in [3.63, 3.8) is 0 Å². The quantitative estimate of drug-likeness (QED) is 0.511. The molecule has 0 heterocycles. The number of hydrogen-bond donors (Lipinski definition) is 0. The fourth-order valence-corrected chi connectivity index (χ4v) is 3.19. The molecular formula is C23H30O6. The Morgan fingerprint density at radius 1 is 0.759 bits per heavy atom. The van der Waals surface area contributed by atoms with E-state index in [1.807, 2.05) is 24.3 Å². The molecule has 0 spiro atoms. The average Bonchev–Trinajstić information content (AvgIpc) is 2.75. The van der Waals surface area contributed by atoms with Crippen molar-refractivity contribution in [1.29, 1.82) is 0 Å². The second kappa shape index (κ2) is 10.5. The second-order valence-corrected chi connectivity index (χ2v) is 6.49. The van der Waals surface area contributed by atoms with Gasteiger partial charge in [-0.3, -0.25) is 0 Å². The maximum absolute atomic E-state index is 5.72. The van der Waals surface area contributed by atoms with Gasteiger partial charge >= 0.3 is 0 Å². The molecule has 0 aromatic heterocycles. The van der Waals surface area contributed by atoms with Crippen LogP contribution in [0.15, 0.2) is 36.9 Å². The topological polar surface area (TPSA) is 55.4 Å². The number of ether oxygens (including phenoxy) is 6. The highest BCUT2D eigenvalue weighted by Gasteiger charge is 2.19. The molecule has 2 aromatic rings. The predicted molar refractivity (Wildman–Crippen MR) is 113 cm³/mol. The first kappa shape index (κ1) is 22.3. The van der Waals surface area contributed by atoms with Crippen LogP contribution in [0, 0.1) is 0 Å². The molecule has 0 bridgehead atoms. The number of methoxy groups -OCH3 is 5. The normalized spacial score (nSPS) is 11.4. The van der Waals surface area contributed by atoms with Crippen molar-refractivity contribution in [1.82, 2.24) is 0 Å². The summed E-state index contributed by atoms with van der Waals surface area (Å²) in [6.07, 6.45) is 2.44. The molecule has 0 saturated heterocycles. The van der Waals surface area contributed by atoms with Crippen LogP contribution in [-0.4, -0.2) is 42.2 Å². The molecule has 2 rings (SSSR count). The lowest BCUT2D eigenvalue weighted by molar-refractivity contribution is 0.300. The van der Waals surface area contributed by atoms with E-state index in [1.165, 1.54) is 0 Å². The van der Waals surface area contributed by atoms with Gasteiger partial charge in [-0.05, 0) is 47.7 Å². The lowest BCUT2D eigenvalue weighted by atomic mass is 9.92. The van der Waals surface area contributed by atoms with Crippen LogP contribution in [0.3, 0.4) is 0 Å². The average molecular weight is 402 g/mol. The third-order valence-corrected chi connectivity index (χ3v) is 4.66. The molecule has 1 unspecified atom stereocenters. The molecule has 0 saturated carbocycles. The zero-order valence-corrected chi connectivity index (χ0v) is 18.0. The van der Waals surface area contributed by atoms with E-state index >= 15 is 0 Å². The Labute approximate surface area is 172 Å². The summed E-state index contributed by atoms with van der Waals surface area (Å²) in [4.78, 5) is 0. The molecule has 0 N–H and O–H groups in total. The standard InChI is InChI=1S/C23H30O6/c1-8-9-29-23-20(26-5)13-17(14-21(23)27-6)15(2)10-16-11-18(24-3)22(28-7)19(12-16)25-4/h8,11-15H,1,9-10H2,2-7H3. The van der Waals surface area contributed by atoms with Crippen LogP contribution in [0.1, 0.15) is 24.0 Å². The SMILES string of the molecule is C=CCOc1c(OC)cc(C(C)Cc2cc(OC)c(OC)c(OC)c2)cc1OC. The Morgan fingerprint density at radius 2 is 1.24 bits per heavy atom. The van der Waals surface area contributed by atoms with E-state index < -0.39 is 0 Å². The summed E-state index contributed by atoms with van der Waals surface area (Å²) in [6, 6.07) is 7.88. The maximum atomic E-state index is 5.72. The Balaban J connectivity index is 2.37. The molecule has 6 heteroatoms. The Hall–Kier alpha value is -3.02. The molecule has 6 nitrogen and oxygen atoms in total. The van der Waals surface area contributed by atoms with Gasteiger partial charge in [0.25, 0.3) is 0 Å². The lowest BCUT2D eigenvalue weighted by Crippen LogP contribution is -2.04. The summed E-state index contributed by atoms with van der Waals surface area (Å²) < 4.78 is 33.1. The van der Waals surface area contributed by atoms with Crippen molar-refractivity contribution in [2.45, 2.75) is 19.3 Å². The van der Waals surface area contributed by atoms with E-state index in [-0.39, 0.29) is 5.92 Å². The Bertz CT molecular complexity index is 780. The predicted octanol–water partition coefficient (Wildman–Crippen LogP) is 4.64. The van der Waals surface area contributed by atoms with Crippen molar-refractivity contribution in [3.05, 3.63) is 48.0 Å². The van der Waals surface area contributed by atoms with E-state index in [0.717, 1.165) is 17.5 Å². The smallest absolute Gasteiger partial charge is 0.203 e. The highest BCUT2D eigenvalue weighted by Crippen LogP contribution is 2.42. The van der Waals surface area contributed by atoms with E-state index in [0.29, 0.717) is 41.1 Å². The first-order valence-corrected chi connectivity index (χ1v) is 9.31. The molecule has 0 amide bonds. The first-order chi connectivity index (χ1) is 14.0. The van der Waals surface area contributed by atoms with Gasteiger partial charge in [0.15, 0.2) is 23.0 Å². The summed E-state index contributed by atoms with van der Waals surface area (Å²) in [7, 11) is 8.05. The van der Waals surface area contributed by atoms with Crippen LogP contribution in [0.5, 0.6) is 34.5 Å². The summed E-state index contributed by atoms with van der Waals surface area (Å²) >= 11 is 0. The molecule has 2 aromatic carbocycles. The van der Waals surface area contributed by atoms with Gasteiger partial charge in [-0.2, -0.15) is 0 Å². The molecular weight excluding hydrogens is 372 g/mol. The summed E-state index contributed by atoms with van der Waals surface area (Å²) in [6.45, 7) is 6.19. The zero-order valence-electron chi connectivity index (χ0n) is 18.0. The van der Waals surface area contributed by atoms with E-state index in [2.05, 4.69) is 13.5 Å². The van der Waals surface area contributed by atoms with Gasteiger partial charge < -0.3 is 28.4 Å². The zero-order chi connectivity index (χ0) is 21.4. The fraction of sp³-hybridized carbons (Fsp3) is 0.391. The van der Waals surface area contributed by atoms with Gasteiger partial charge in [-0.25, -0.2) is 0 Å². The third kappa shape index (κ3) is 5.08. The highest BCUT2D eigenvalue weighted by atomic mass is 16.5. The van der Waals surface area contributed by atoms with Gasteiger partial charge in [0.1, 0.15) is 6.61 Å². The molecule has 0 fully saturated rings. The van der Waals surface area contributed by atoms with Crippen molar-refractivity contribution < 1.29 is 28.4 Å². The Kier molecular flexibility index (Phi) is 8.07. The van der Waals surface area contributed by atoms with Crippen LogP contribution < -0.4 is 28.4 Å². The molecule has 29 heavy (non-hydrogen) atoms. The summed E-state index contributed by atoms with van der Waals surface area (Å²) in [5, 5.41) is 0. The minimum atomic E-state index is 0.175. The fourth-order valence-electron chi connectivity index (χ4n) is 3.19. The van der Waals surface area contributed by atoms with Gasteiger partial charge in [0.2, 0.25) is 11.5 Å². The lowest BCUT2D eigenvalue weighted by Gasteiger charge is -2.19. The number of rotatable bonds is 11. The molecule has 1 atom stereocenters. The molecule has 0 aliphatic heterocycles. The van der Waals surface area contributed by atoms with Gasteiger partial charge in [-0.15, -0.1) is 0 Å². The van der Waals surface area contributed by atoms with E-state index in [4.69, 9.17) is 28.4 Å². The number of hydrogen-bond acceptors (Lipinski definition) is 6. The monoisotopic (exact) mass is 402 g/mol. The highest BCUT2D eigenvalue weighted by molar-refractivity contribution is 5.56. The van der Waals surface area contributed by atoms with Crippen LogP contribution >= 0.6 is 0 Å². The van der Waals surface area contributed by atoms with Crippen LogP contribution in [0.2, 0.25) is 0 Å². The van der Waals surface area contributed by atoms with Crippen molar-refractivity contribution in [2.75, 3.05) is 42.2 Å². The van der Waals surface area contributed by atoms with Crippen LogP contribution in [-0.2, 0) is 6.42 Å². The third-order valence-electron chi connectivity index (χ3n) is 4.66. The number of benzene rings is 2. The Morgan fingerprint density at radius 3 is 1.66 bits per heavy atom. The molecule has 158 valence electrons. The molecule has 0 radical (unpaired) electrons. The van der Waals surface area contributed by atoms with Gasteiger partial charge in [0.05, 0.1) is 35.5 Å². The summed E-state index contributed by atoms with van der Waals surface area (Å²) in [5.41, 5.74) is 2.13. The molecule has 0 aliphatic rings. The first-order valence-electron chi connectivity index (χ1n) is 9.31. The molecule has 0 aliphatic carbocycles. The minimum Gasteiger partial charge on any atom is -0.493 e.